The summed E-state index contributed by atoms with van der Waals surface area (Å²) >= 11 is 0. The van der Waals surface area contributed by atoms with Crippen LogP contribution in [0.4, 0.5) is 4.39 Å². The van der Waals surface area contributed by atoms with Crippen LogP contribution in [0.3, 0.4) is 0 Å². The fraction of sp³-hybridized carbons (Fsp3) is 0.556. The molecule has 0 aromatic heterocycles. The van der Waals surface area contributed by atoms with Crippen LogP contribution in [0.5, 0.6) is 0 Å². The number of carbonyl (C=O) groups excluding carboxylic acids is 2. The topological polar surface area (TPSA) is 49.4 Å². The fourth-order valence-electron chi connectivity index (χ4n) is 3.19. The lowest BCUT2D eigenvalue weighted by Gasteiger charge is -2.22. The average molecular weight is 316 g/mol. The maximum absolute atomic E-state index is 13.0. The molecule has 23 heavy (non-hydrogen) atoms. The third-order valence-corrected chi connectivity index (χ3v) is 4.93. The molecule has 2 atom stereocenters. The predicted molar refractivity (Wildman–Crippen MR) is 83.1 cm³/mol. The molecule has 0 heterocycles. The van der Waals surface area contributed by atoms with Crippen LogP contribution in [-0.2, 0) is 9.59 Å². The van der Waals surface area contributed by atoms with Crippen molar-refractivity contribution < 1.29 is 14.0 Å². The molecule has 4 rings (SSSR count). The normalized spacial score (nSPS) is 25.8. The predicted octanol–water partition coefficient (Wildman–Crippen LogP) is 2.20. The Morgan fingerprint density at radius 3 is 2.43 bits per heavy atom. The van der Waals surface area contributed by atoms with Crippen molar-refractivity contribution in [2.24, 2.45) is 5.92 Å². The lowest BCUT2D eigenvalue weighted by molar-refractivity contribution is -0.137. The minimum Gasteiger partial charge on any atom is -0.352 e. The van der Waals surface area contributed by atoms with Crippen molar-refractivity contribution in [1.82, 2.24) is 10.2 Å². The zero-order valence-corrected chi connectivity index (χ0v) is 13.0. The molecule has 4 nitrogen and oxygen atoms in total. The van der Waals surface area contributed by atoms with Gasteiger partial charge in [-0.05, 0) is 55.7 Å². The molecule has 122 valence electrons. The van der Waals surface area contributed by atoms with E-state index >= 15 is 0 Å². The van der Waals surface area contributed by atoms with Crippen molar-refractivity contribution in [1.29, 1.82) is 0 Å². The lowest BCUT2D eigenvalue weighted by atomic mass is 10.1. The summed E-state index contributed by atoms with van der Waals surface area (Å²) in [5.41, 5.74) is 1.02. The molecule has 0 bridgehead atoms. The summed E-state index contributed by atoms with van der Waals surface area (Å²) in [6.07, 6.45) is 4.90. The minimum absolute atomic E-state index is 0.0354. The Labute approximate surface area is 135 Å². The molecule has 3 saturated carbocycles. The SMILES string of the molecule is O=C(CN(C(=O)[C@@H]1C[C@H]1c1ccc(F)cc1)C1CC1)NC1CC1. The van der Waals surface area contributed by atoms with Crippen molar-refractivity contribution in [3.8, 4) is 0 Å². The van der Waals surface area contributed by atoms with Gasteiger partial charge in [-0.25, -0.2) is 4.39 Å². The van der Waals surface area contributed by atoms with Crippen LogP contribution in [0, 0.1) is 11.7 Å². The number of carbonyl (C=O) groups is 2. The third kappa shape index (κ3) is 3.38. The van der Waals surface area contributed by atoms with Gasteiger partial charge in [-0.15, -0.1) is 0 Å². The van der Waals surface area contributed by atoms with Crippen LogP contribution in [0.2, 0.25) is 0 Å². The molecule has 0 unspecified atom stereocenters. The summed E-state index contributed by atoms with van der Waals surface area (Å²) in [6, 6.07) is 6.96. The Hall–Kier alpha value is -1.91. The summed E-state index contributed by atoms with van der Waals surface area (Å²) in [5.74, 6) is -0.0706. The number of halogens is 1. The van der Waals surface area contributed by atoms with Crippen molar-refractivity contribution in [3.63, 3.8) is 0 Å². The van der Waals surface area contributed by atoms with Gasteiger partial charge in [0.25, 0.3) is 0 Å². The molecular weight excluding hydrogens is 295 g/mol. The molecule has 0 radical (unpaired) electrons. The largest absolute Gasteiger partial charge is 0.352 e. The number of nitrogens with one attached hydrogen (secondary N) is 1. The first-order valence-corrected chi connectivity index (χ1v) is 8.47. The Kier molecular flexibility index (Phi) is 3.58. The van der Waals surface area contributed by atoms with E-state index in [1.807, 2.05) is 0 Å². The van der Waals surface area contributed by atoms with Crippen LogP contribution < -0.4 is 5.32 Å². The van der Waals surface area contributed by atoms with E-state index in [0.717, 1.165) is 37.7 Å². The number of amides is 2. The van der Waals surface area contributed by atoms with Gasteiger partial charge in [-0.2, -0.15) is 0 Å². The van der Waals surface area contributed by atoms with Crippen molar-refractivity contribution in [2.45, 2.75) is 50.1 Å². The highest BCUT2D eigenvalue weighted by Gasteiger charge is 2.48. The molecule has 0 aliphatic heterocycles. The van der Waals surface area contributed by atoms with Crippen LogP contribution >= 0.6 is 0 Å². The molecule has 0 spiro atoms. The van der Waals surface area contributed by atoms with Crippen LogP contribution in [0.25, 0.3) is 0 Å². The standard InChI is InChI=1S/C18H21FN2O2/c19-12-3-1-11(2-4-12)15-9-16(15)18(23)21(14-7-8-14)10-17(22)20-13-5-6-13/h1-4,13-16H,5-10H2,(H,20,22)/t15-,16+/m0/s1. The summed E-state index contributed by atoms with van der Waals surface area (Å²) < 4.78 is 13.0. The van der Waals surface area contributed by atoms with Gasteiger partial charge in [-0.1, -0.05) is 12.1 Å². The summed E-state index contributed by atoms with van der Waals surface area (Å²) in [5, 5.41) is 2.96. The molecule has 1 N–H and O–H groups in total. The Balaban J connectivity index is 1.38. The molecule has 3 aliphatic carbocycles. The zero-order chi connectivity index (χ0) is 16.0. The highest BCUT2D eigenvalue weighted by atomic mass is 19.1. The van der Waals surface area contributed by atoms with E-state index in [1.165, 1.54) is 12.1 Å². The van der Waals surface area contributed by atoms with E-state index in [2.05, 4.69) is 5.32 Å². The Morgan fingerprint density at radius 1 is 1.13 bits per heavy atom. The lowest BCUT2D eigenvalue weighted by Crippen LogP contribution is -2.43. The molecule has 2 amide bonds. The molecule has 1 aromatic rings. The van der Waals surface area contributed by atoms with Crippen molar-refractivity contribution in [3.05, 3.63) is 35.6 Å². The Bertz CT molecular complexity index is 622. The van der Waals surface area contributed by atoms with E-state index in [4.69, 9.17) is 0 Å². The van der Waals surface area contributed by atoms with E-state index in [9.17, 15) is 14.0 Å². The summed E-state index contributed by atoms with van der Waals surface area (Å²) in [6.45, 7) is 0.187. The van der Waals surface area contributed by atoms with E-state index in [0.29, 0.717) is 6.04 Å². The maximum atomic E-state index is 13.0. The zero-order valence-electron chi connectivity index (χ0n) is 13.0. The number of hydrogen-bond acceptors (Lipinski definition) is 2. The van der Waals surface area contributed by atoms with Crippen molar-refractivity contribution >= 4 is 11.8 Å². The van der Waals surface area contributed by atoms with Gasteiger partial charge >= 0.3 is 0 Å². The fourth-order valence-corrected chi connectivity index (χ4v) is 3.19. The number of nitrogens with zero attached hydrogens (tertiary/aromatic N) is 1. The molecule has 0 saturated heterocycles. The van der Waals surface area contributed by atoms with Gasteiger partial charge in [0.15, 0.2) is 0 Å². The molecular formula is C18H21FN2O2. The number of rotatable bonds is 6. The highest BCUT2D eigenvalue weighted by molar-refractivity contribution is 5.88. The van der Waals surface area contributed by atoms with Gasteiger partial charge in [-0.3, -0.25) is 9.59 Å². The van der Waals surface area contributed by atoms with Gasteiger partial charge in [0.05, 0.1) is 6.54 Å². The highest BCUT2D eigenvalue weighted by Crippen LogP contribution is 2.49. The monoisotopic (exact) mass is 316 g/mol. The average Bonchev–Trinajstić information content (AvgIpc) is 3.34. The van der Waals surface area contributed by atoms with E-state index in [1.54, 1.807) is 17.0 Å². The number of hydrogen-bond donors (Lipinski definition) is 1. The molecule has 1 aromatic carbocycles. The second kappa shape index (κ2) is 5.62. The van der Waals surface area contributed by atoms with E-state index < -0.39 is 0 Å². The quantitative estimate of drug-likeness (QED) is 0.875. The van der Waals surface area contributed by atoms with Gasteiger partial charge in [0, 0.05) is 18.0 Å². The van der Waals surface area contributed by atoms with E-state index in [-0.39, 0.29) is 42.1 Å². The summed E-state index contributed by atoms with van der Waals surface area (Å²) in [4.78, 5) is 26.5. The minimum atomic E-state index is -0.256. The molecule has 5 heteroatoms. The first kappa shape index (κ1) is 14.7. The smallest absolute Gasteiger partial charge is 0.239 e. The first-order chi connectivity index (χ1) is 11.1. The second-order valence-electron chi connectivity index (χ2n) is 7.04. The third-order valence-electron chi connectivity index (χ3n) is 4.93. The first-order valence-electron chi connectivity index (χ1n) is 8.47. The Morgan fingerprint density at radius 2 is 1.83 bits per heavy atom. The van der Waals surface area contributed by atoms with Gasteiger partial charge in [0.1, 0.15) is 5.82 Å². The van der Waals surface area contributed by atoms with Crippen molar-refractivity contribution in [2.75, 3.05) is 6.54 Å². The number of benzene rings is 1. The summed E-state index contributed by atoms with van der Waals surface area (Å²) in [7, 11) is 0. The molecule has 3 aliphatic rings. The van der Waals surface area contributed by atoms with Crippen LogP contribution in [0.15, 0.2) is 24.3 Å². The maximum Gasteiger partial charge on any atom is 0.239 e. The molecule has 3 fully saturated rings. The van der Waals surface area contributed by atoms with Crippen LogP contribution in [-0.4, -0.2) is 35.3 Å². The second-order valence-corrected chi connectivity index (χ2v) is 7.04. The van der Waals surface area contributed by atoms with Gasteiger partial charge in [0.2, 0.25) is 11.8 Å². The van der Waals surface area contributed by atoms with Gasteiger partial charge < -0.3 is 10.2 Å². The van der Waals surface area contributed by atoms with Crippen LogP contribution in [0.1, 0.15) is 43.6 Å².